The van der Waals surface area contributed by atoms with Crippen LogP contribution in [-0.2, 0) is 11.3 Å². The minimum absolute atomic E-state index is 0.0415. The molecule has 15 heavy (non-hydrogen) atoms. The molecule has 0 aliphatic carbocycles. The molecule has 1 heterocycles. The second kappa shape index (κ2) is 3.92. The van der Waals surface area contributed by atoms with Gasteiger partial charge in [-0.3, -0.25) is 9.48 Å². The van der Waals surface area contributed by atoms with Gasteiger partial charge >= 0.3 is 12.1 Å². The molecule has 0 aliphatic heterocycles. The molecule has 1 rings (SSSR count). The quantitative estimate of drug-likeness (QED) is 0.845. The van der Waals surface area contributed by atoms with E-state index >= 15 is 0 Å². The average molecular weight is 222 g/mol. The molecule has 7 heteroatoms. The molecule has 1 unspecified atom stereocenters. The molecular formula is C8H9F3N2O2. The van der Waals surface area contributed by atoms with E-state index < -0.39 is 24.6 Å². The Balaban J connectivity index is 2.92. The molecule has 84 valence electrons. The summed E-state index contributed by atoms with van der Waals surface area (Å²) in [6, 6.07) is 1.27. The fourth-order valence-corrected chi connectivity index (χ4v) is 1.14. The highest BCUT2D eigenvalue weighted by molar-refractivity contribution is 5.74. The molecule has 0 spiro atoms. The fraction of sp³-hybridized carbons (Fsp3) is 0.500. The van der Waals surface area contributed by atoms with Crippen LogP contribution < -0.4 is 0 Å². The molecule has 0 saturated carbocycles. The number of alkyl halides is 3. The van der Waals surface area contributed by atoms with Crippen LogP contribution in [0.2, 0.25) is 0 Å². The highest BCUT2D eigenvalue weighted by atomic mass is 19.4. The van der Waals surface area contributed by atoms with E-state index in [1.807, 2.05) is 0 Å². The maximum Gasteiger partial charge on any atom is 0.408 e. The SMILES string of the molecule is CC(C(=O)O)c1ccnn1CC(F)(F)F. The van der Waals surface area contributed by atoms with Gasteiger partial charge in [0.2, 0.25) is 0 Å². The molecule has 0 aromatic carbocycles. The smallest absolute Gasteiger partial charge is 0.408 e. The van der Waals surface area contributed by atoms with Gasteiger partial charge in [0, 0.05) is 6.20 Å². The summed E-state index contributed by atoms with van der Waals surface area (Å²) in [6.45, 7) is 0.0408. The van der Waals surface area contributed by atoms with E-state index in [0.717, 1.165) is 6.20 Å². The normalized spacial score (nSPS) is 13.9. The highest BCUT2D eigenvalue weighted by Crippen LogP contribution is 2.21. The maximum atomic E-state index is 12.1. The number of hydrogen-bond donors (Lipinski definition) is 1. The van der Waals surface area contributed by atoms with Crippen LogP contribution >= 0.6 is 0 Å². The summed E-state index contributed by atoms with van der Waals surface area (Å²) in [5, 5.41) is 12.1. The van der Waals surface area contributed by atoms with Crippen LogP contribution in [0.4, 0.5) is 13.2 Å². The van der Waals surface area contributed by atoms with Crippen molar-refractivity contribution in [1.82, 2.24) is 9.78 Å². The zero-order chi connectivity index (χ0) is 11.6. The lowest BCUT2D eigenvalue weighted by molar-refractivity contribution is -0.145. The lowest BCUT2D eigenvalue weighted by Crippen LogP contribution is -2.22. The van der Waals surface area contributed by atoms with Crippen LogP contribution in [0.5, 0.6) is 0 Å². The number of aliphatic carboxylic acids is 1. The van der Waals surface area contributed by atoms with Crippen molar-refractivity contribution in [2.75, 3.05) is 0 Å². The highest BCUT2D eigenvalue weighted by Gasteiger charge is 2.30. The molecule has 0 fully saturated rings. The van der Waals surface area contributed by atoms with Crippen LogP contribution in [0.1, 0.15) is 18.5 Å². The summed E-state index contributed by atoms with van der Waals surface area (Å²) in [6.07, 6.45) is -3.25. The van der Waals surface area contributed by atoms with Gasteiger partial charge in [0.25, 0.3) is 0 Å². The zero-order valence-electron chi connectivity index (χ0n) is 7.82. The first kappa shape index (κ1) is 11.5. The monoisotopic (exact) mass is 222 g/mol. The Morgan fingerprint density at radius 2 is 2.27 bits per heavy atom. The predicted octanol–water partition coefficient (Wildman–Crippen LogP) is 1.63. The summed E-state index contributed by atoms with van der Waals surface area (Å²) in [5.74, 6) is -2.19. The molecule has 0 saturated heterocycles. The van der Waals surface area contributed by atoms with Crippen LogP contribution in [0.15, 0.2) is 12.3 Å². The average Bonchev–Trinajstić information content (AvgIpc) is 2.47. The largest absolute Gasteiger partial charge is 0.481 e. The number of aromatic nitrogens is 2. The Bertz CT molecular complexity index is 359. The van der Waals surface area contributed by atoms with Gasteiger partial charge in [-0.05, 0) is 13.0 Å². The molecular weight excluding hydrogens is 213 g/mol. The van der Waals surface area contributed by atoms with E-state index in [-0.39, 0.29) is 5.69 Å². The Kier molecular flexibility index (Phi) is 3.01. The van der Waals surface area contributed by atoms with Crippen molar-refractivity contribution in [2.24, 2.45) is 0 Å². The van der Waals surface area contributed by atoms with Crippen molar-refractivity contribution in [3.8, 4) is 0 Å². The number of carboxylic acid groups (broad SMARTS) is 1. The number of carbonyl (C=O) groups is 1. The first-order valence-electron chi connectivity index (χ1n) is 4.12. The van der Waals surface area contributed by atoms with E-state index in [9.17, 15) is 18.0 Å². The molecule has 0 bridgehead atoms. The Morgan fingerprint density at radius 1 is 1.67 bits per heavy atom. The summed E-state index contributed by atoms with van der Waals surface area (Å²) < 4.78 is 36.8. The number of rotatable bonds is 3. The van der Waals surface area contributed by atoms with Gasteiger partial charge in [-0.25, -0.2) is 0 Å². The van der Waals surface area contributed by atoms with Gasteiger partial charge in [-0.15, -0.1) is 0 Å². The van der Waals surface area contributed by atoms with Gasteiger partial charge in [0.05, 0.1) is 11.6 Å². The Hall–Kier alpha value is -1.53. The summed E-state index contributed by atoms with van der Waals surface area (Å²) >= 11 is 0. The minimum Gasteiger partial charge on any atom is -0.481 e. The van der Waals surface area contributed by atoms with Crippen molar-refractivity contribution in [1.29, 1.82) is 0 Å². The van der Waals surface area contributed by atoms with Gasteiger partial charge < -0.3 is 5.11 Å². The van der Waals surface area contributed by atoms with Gasteiger partial charge in [0.15, 0.2) is 0 Å². The molecule has 1 aromatic rings. The van der Waals surface area contributed by atoms with Crippen molar-refractivity contribution in [2.45, 2.75) is 25.6 Å². The Morgan fingerprint density at radius 3 is 2.73 bits per heavy atom. The maximum absolute atomic E-state index is 12.1. The van der Waals surface area contributed by atoms with Crippen LogP contribution in [0.3, 0.4) is 0 Å². The lowest BCUT2D eigenvalue weighted by Gasteiger charge is -2.12. The third-order valence-electron chi connectivity index (χ3n) is 1.89. The molecule has 0 amide bonds. The van der Waals surface area contributed by atoms with Crippen molar-refractivity contribution < 1.29 is 23.1 Å². The number of hydrogen-bond acceptors (Lipinski definition) is 2. The standard InChI is InChI=1S/C8H9F3N2O2/c1-5(7(14)15)6-2-3-12-13(6)4-8(9,10)11/h2-3,5H,4H2,1H3,(H,14,15). The van der Waals surface area contributed by atoms with Crippen LogP contribution in [-0.4, -0.2) is 27.0 Å². The second-order valence-electron chi connectivity index (χ2n) is 3.09. The van der Waals surface area contributed by atoms with E-state index in [0.29, 0.717) is 4.68 Å². The third-order valence-corrected chi connectivity index (χ3v) is 1.89. The number of carboxylic acids is 1. The van der Waals surface area contributed by atoms with Crippen LogP contribution in [0, 0.1) is 0 Å². The number of halogens is 3. The van der Waals surface area contributed by atoms with Crippen molar-refractivity contribution >= 4 is 5.97 Å². The van der Waals surface area contributed by atoms with Crippen LogP contribution in [0.25, 0.3) is 0 Å². The van der Waals surface area contributed by atoms with E-state index in [1.165, 1.54) is 13.0 Å². The minimum atomic E-state index is -4.40. The molecule has 0 radical (unpaired) electrons. The lowest BCUT2D eigenvalue weighted by atomic mass is 10.1. The molecule has 1 atom stereocenters. The zero-order valence-corrected chi connectivity index (χ0v) is 7.82. The van der Waals surface area contributed by atoms with Gasteiger partial charge in [-0.2, -0.15) is 18.3 Å². The topological polar surface area (TPSA) is 55.1 Å². The fourth-order valence-electron chi connectivity index (χ4n) is 1.14. The van der Waals surface area contributed by atoms with E-state index in [1.54, 1.807) is 0 Å². The van der Waals surface area contributed by atoms with Crippen molar-refractivity contribution in [3.05, 3.63) is 18.0 Å². The predicted molar refractivity (Wildman–Crippen MR) is 44.3 cm³/mol. The first-order valence-corrected chi connectivity index (χ1v) is 4.12. The van der Waals surface area contributed by atoms with E-state index in [4.69, 9.17) is 5.11 Å². The van der Waals surface area contributed by atoms with Crippen molar-refractivity contribution in [3.63, 3.8) is 0 Å². The first-order chi connectivity index (χ1) is 6.81. The second-order valence-corrected chi connectivity index (χ2v) is 3.09. The number of nitrogens with zero attached hydrogens (tertiary/aromatic N) is 2. The molecule has 0 aliphatic rings. The molecule has 1 N–H and O–H groups in total. The summed E-state index contributed by atoms with van der Waals surface area (Å²) in [4.78, 5) is 10.6. The van der Waals surface area contributed by atoms with Gasteiger partial charge in [0.1, 0.15) is 6.54 Å². The molecule has 4 nitrogen and oxygen atoms in total. The summed E-state index contributed by atoms with van der Waals surface area (Å²) in [7, 11) is 0. The van der Waals surface area contributed by atoms with E-state index in [2.05, 4.69) is 5.10 Å². The van der Waals surface area contributed by atoms with Gasteiger partial charge in [-0.1, -0.05) is 0 Å². The summed E-state index contributed by atoms with van der Waals surface area (Å²) in [5.41, 5.74) is 0.0415. The Labute approximate surface area is 83.3 Å². The molecule has 1 aromatic heterocycles. The third kappa shape index (κ3) is 2.97.